The summed E-state index contributed by atoms with van der Waals surface area (Å²) >= 11 is 5.44. The van der Waals surface area contributed by atoms with Crippen LogP contribution in [0.2, 0.25) is 5.02 Å². The first-order valence-electron chi connectivity index (χ1n) is 4.44. The lowest BCUT2D eigenvalue weighted by molar-refractivity contribution is -0.384. The molecule has 1 rings (SSSR count). The van der Waals surface area contributed by atoms with Crippen LogP contribution in [0.5, 0.6) is 0 Å². The zero-order chi connectivity index (χ0) is 13.9. The minimum Gasteiger partial charge on any atom is -0.358 e. The minimum absolute atomic E-state index is 0.0760. The van der Waals surface area contributed by atoms with E-state index in [1.807, 2.05) is 0 Å². The van der Waals surface area contributed by atoms with Crippen molar-refractivity contribution in [2.24, 2.45) is 0 Å². The van der Waals surface area contributed by atoms with Gasteiger partial charge in [0.15, 0.2) is 0 Å². The standard InChI is InChI=1S/C8H6ClF4N3O2/c9-4-1-5(16(17)18)6(14-2-4)15-3-8(12,13)7(10)11/h1-2,7H,3H2,(H,14,15). The van der Waals surface area contributed by atoms with E-state index < -0.39 is 35.3 Å². The van der Waals surface area contributed by atoms with Gasteiger partial charge in [-0.2, -0.15) is 8.78 Å². The summed E-state index contributed by atoms with van der Waals surface area (Å²) in [5.41, 5.74) is -0.674. The molecule has 0 aliphatic rings. The molecule has 18 heavy (non-hydrogen) atoms. The molecule has 1 heterocycles. The highest BCUT2D eigenvalue weighted by Crippen LogP contribution is 2.28. The molecular formula is C8H6ClF4N3O2. The monoisotopic (exact) mass is 287 g/mol. The van der Waals surface area contributed by atoms with Crippen LogP contribution in [0.1, 0.15) is 0 Å². The quantitative estimate of drug-likeness (QED) is 0.513. The van der Waals surface area contributed by atoms with Crippen molar-refractivity contribution in [2.75, 3.05) is 11.9 Å². The molecule has 0 unspecified atom stereocenters. The van der Waals surface area contributed by atoms with Crippen molar-refractivity contribution in [3.63, 3.8) is 0 Å². The Hall–Kier alpha value is -1.64. The highest BCUT2D eigenvalue weighted by atomic mass is 35.5. The number of hydrogen-bond donors (Lipinski definition) is 1. The van der Waals surface area contributed by atoms with Gasteiger partial charge in [0.25, 0.3) is 0 Å². The summed E-state index contributed by atoms with van der Waals surface area (Å²) in [5, 5.41) is 12.3. The van der Waals surface area contributed by atoms with E-state index in [4.69, 9.17) is 11.6 Å². The van der Waals surface area contributed by atoms with Crippen molar-refractivity contribution < 1.29 is 22.5 Å². The van der Waals surface area contributed by atoms with Gasteiger partial charge in [0.05, 0.1) is 16.5 Å². The lowest BCUT2D eigenvalue weighted by Gasteiger charge is -2.15. The van der Waals surface area contributed by atoms with Crippen molar-refractivity contribution in [1.82, 2.24) is 4.98 Å². The minimum atomic E-state index is -4.31. The average Bonchev–Trinajstić information content (AvgIpc) is 2.27. The van der Waals surface area contributed by atoms with Gasteiger partial charge in [0.1, 0.15) is 0 Å². The van der Waals surface area contributed by atoms with Gasteiger partial charge in [-0.15, -0.1) is 0 Å². The zero-order valence-electron chi connectivity index (χ0n) is 8.54. The van der Waals surface area contributed by atoms with Crippen LogP contribution in [0, 0.1) is 10.1 Å². The molecule has 0 fully saturated rings. The molecule has 1 N–H and O–H groups in total. The van der Waals surface area contributed by atoms with E-state index in [1.54, 1.807) is 5.32 Å². The third kappa shape index (κ3) is 3.42. The molecule has 1 aromatic heterocycles. The Balaban J connectivity index is 2.89. The lowest BCUT2D eigenvalue weighted by Crippen LogP contribution is -2.35. The molecule has 0 saturated heterocycles. The number of nitro groups is 1. The van der Waals surface area contributed by atoms with E-state index in [0.29, 0.717) is 0 Å². The summed E-state index contributed by atoms with van der Waals surface area (Å²) in [5.74, 6) is -4.86. The van der Waals surface area contributed by atoms with Crippen molar-refractivity contribution in [1.29, 1.82) is 0 Å². The second-order valence-corrected chi connectivity index (χ2v) is 3.63. The van der Waals surface area contributed by atoms with Gasteiger partial charge >= 0.3 is 18.0 Å². The number of alkyl halides is 4. The van der Waals surface area contributed by atoms with Crippen molar-refractivity contribution in [3.05, 3.63) is 27.4 Å². The fraction of sp³-hybridized carbons (Fsp3) is 0.375. The second-order valence-electron chi connectivity index (χ2n) is 3.19. The Morgan fingerprint density at radius 1 is 1.56 bits per heavy atom. The summed E-state index contributed by atoms with van der Waals surface area (Å²) in [7, 11) is 0. The summed E-state index contributed by atoms with van der Waals surface area (Å²) in [6.07, 6.45) is -2.91. The summed E-state index contributed by atoms with van der Waals surface area (Å²) < 4.78 is 49.0. The first kappa shape index (κ1) is 14.4. The van der Waals surface area contributed by atoms with Gasteiger partial charge in [0.2, 0.25) is 5.82 Å². The van der Waals surface area contributed by atoms with Crippen LogP contribution < -0.4 is 5.32 Å². The van der Waals surface area contributed by atoms with Crippen LogP contribution in [0.4, 0.5) is 29.1 Å². The molecule has 0 amide bonds. The van der Waals surface area contributed by atoms with E-state index in [1.165, 1.54) is 0 Å². The maximum absolute atomic E-state index is 12.6. The van der Waals surface area contributed by atoms with E-state index in [9.17, 15) is 27.7 Å². The van der Waals surface area contributed by atoms with Crippen molar-refractivity contribution in [2.45, 2.75) is 12.3 Å². The first-order valence-corrected chi connectivity index (χ1v) is 4.81. The van der Waals surface area contributed by atoms with E-state index >= 15 is 0 Å². The number of nitrogens with zero attached hydrogens (tertiary/aromatic N) is 2. The molecule has 100 valence electrons. The van der Waals surface area contributed by atoms with Crippen molar-refractivity contribution >= 4 is 23.1 Å². The largest absolute Gasteiger partial charge is 0.358 e. The molecule has 1 aromatic rings. The summed E-state index contributed by atoms with van der Waals surface area (Å²) in [6, 6.07) is 0.872. The maximum atomic E-state index is 12.6. The molecule has 10 heteroatoms. The molecule has 0 aliphatic heterocycles. The van der Waals surface area contributed by atoms with E-state index in [0.717, 1.165) is 12.3 Å². The Labute approximate surface area is 103 Å². The molecule has 0 radical (unpaired) electrons. The topological polar surface area (TPSA) is 68.1 Å². The summed E-state index contributed by atoms with van der Waals surface area (Å²) in [4.78, 5) is 13.0. The average molecular weight is 288 g/mol. The molecule has 5 nitrogen and oxygen atoms in total. The second kappa shape index (κ2) is 5.34. The SMILES string of the molecule is O=[N+]([O-])c1cc(Cl)cnc1NCC(F)(F)C(F)F. The van der Waals surface area contributed by atoms with Gasteiger partial charge in [0, 0.05) is 12.3 Å². The normalized spacial score (nSPS) is 11.7. The molecule has 0 aromatic carbocycles. The number of pyridine rings is 1. The fourth-order valence-corrected chi connectivity index (χ4v) is 1.13. The Bertz CT molecular complexity index is 458. The van der Waals surface area contributed by atoms with Gasteiger partial charge in [-0.3, -0.25) is 10.1 Å². The van der Waals surface area contributed by atoms with Crippen LogP contribution in [-0.2, 0) is 0 Å². The highest BCUT2D eigenvalue weighted by molar-refractivity contribution is 6.30. The van der Waals surface area contributed by atoms with Crippen LogP contribution >= 0.6 is 11.6 Å². The number of hydrogen-bond acceptors (Lipinski definition) is 4. The van der Waals surface area contributed by atoms with Gasteiger partial charge < -0.3 is 5.32 Å². The molecule has 0 aliphatic carbocycles. The Morgan fingerprint density at radius 3 is 2.67 bits per heavy atom. The lowest BCUT2D eigenvalue weighted by atomic mass is 10.3. The molecule has 0 saturated carbocycles. The predicted molar refractivity (Wildman–Crippen MR) is 55.3 cm³/mol. The Morgan fingerprint density at radius 2 is 2.17 bits per heavy atom. The van der Waals surface area contributed by atoms with E-state index in [-0.39, 0.29) is 5.02 Å². The number of aromatic nitrogens is 1. The van der Waals surface area contributed by atoms with Crippen LogP contribution in [0.3, 0.4) is 0 Å². The smallest absolute Gasteiger partial charge is 0.324 e. The van der Waals surface area contributed by atoms with Gasteiger partial charge in [-0.1, -0.05) is 11.6 Å². The van der Waals surface area contributed by atoms with Crippen LogP contribution in [0.25, 0.3) is 0 Å². The third-order valence-electron chi connectivity index (χ3n) is 1.84. The number of nitrogens with one attached hydrogen (secondary N) is 1. The predicted octanol–water partition coefficient (Wildman–Crippen LogP) is 2.96. The number of anilines is 1. The van der Waals surface area contributed by atoms with Gasteiger partial charge in [-0.25, -0.2) is 13.8 Å². The fourth-order valence-electron chi connectivity index (χ4n) is 0.983. The van der Waals surface area contributed by atoms with Crippen LogP contribution in [0.15, 0.2) is 12.3 Å². The van der Waals surface area contributed by atoms with Gasteiger partial charge in [-0.05, 0) is 0 Å². The molecular weight excluding hydrogens is 282 g/mol. The number of rotatable bonds is 5. The van der Waals surface area contributed by atoms with Crippen LogP contribution in [-0.4, -0.2) is 28.8 Å². The zero-order valence-corrected chi connectivity index (χ0v) is 9.30. The molecule has 0 spiro atoms. The first-order chi connectivity index (χ1) is 8.24. The number of halogens is 5. The molecule has 0 bridgehead atoms. The van der Waals surface area contributed by atoms with E-state index in [2.05, 4.69) is 4.98 Å². The maximum Gasteiger partial charge on any atom is 0.324 e. The molecule has 0 atom stereocenters. The van der Waals surface area contributed by atoms with Crippen molar-refractivity contribution in [3.8, 4) is 0 Å². The highest BCUT2D eigenvalue weighted by Gasteiger charge is 2.40. The Kier molecular flexibility index (Phi) is 4.28. The third-order valence-corrected chi connectivity index (χ3v) is 2.05. The summed E-state index contributed by atoms with van der Waals surface area (Å²) in [6.45, 7) is -1.47.